The molecule has 19 heavy (non-hydrogen) atoms. The second-order valence-corrected chi connectivity index (χ2v) is 4.43. The van der Waals surface area contributed by atoms with Gasteiger partial charge in [0.1, 0.15) is 0 Å². The van der Waals surface area contributed by atoms with Gasteiger partial charge in [-0.25, -0.2) is 0 Å². The standard InChI is InChI=1S/C6H15N3.C6H10O4/c7-2-1-6-5-8-3-4-9-6;7-5(8)3-1-2-4-6(9)10/h6,8-9H,1-5,7H2;1-4H2,(H,7,8)(H,9,10). The Labute approximate surface area is 113 Å². The normalized spacial score (nSPS) is 18.3. The Hall–Kier alpha value is -1.18. The smallest absolute Gasteiger partial charge is 0.303 e. The highest BCUT2D eigenvalue weighted by molar-refractivity contribution is 5.67. The Kier molecular flexibility index (Phi) is 11.1. The molecule has 1 fully saturated rings. The van der Waals surface area contributed by atoms with Crippen LogP contribution < -0.4 is 16.4 Å². The molecule has 0 radical (unpaired) electrons. The molecule has 0 amide bonds. The van der Waals surface area contributed by atoms with Gasteiger partial charge in [0.25, 0.3) is 0 Å². The Bertz CT molecular complexity index is 237. The number of hydrogen-bond donors (Lipinski definition) is 5. The molecule has 1 heterocycles. The van der Waals surface area contributed by atoms with Crippen molar-refractivity contribution in [3.05, 3.63) is 0 Å². The summed E-state index contributed by atoms with van der Waals surface area (Å²) in [7, 11) is 0. The molecule has 6 N–H and O–H groups in total. The first kappa shape index (κ1) is 17.8. The van der Waals surface area contributed by atoms with E-state index in [0.29, 0.717) is 18.9 Å². The van der Waals surface area contributed by atoms with Crippen LogP contribution in [0.5, 0.6) is 0 Å². The number of aliphatic carboxylic acids is 2. The Morgan fingerprint density at radius 2 is 1.68 bits per heavy atom. The molecule has 0 aliphatic carbocycles. The molecule has 0 aromatic carbocycles. The second-order valence-electron chi connectivity index (χ2n) is 4.43. The largest absolute Gasteiger partial charge is 0.481 e. The Morgan fingerprint density at radius 1 is 1.11 bits per heavy atom. The molecule has 1 aliphatic rings. The molecule has 1 rings (SSSR count). The summed E-state index contributed by atoms with van der Waals surface area (Å²) in [4.78, 5) is 19.8. The first-order chi connectivity index (χ1) is 9.06. The molecule has 1 atom stereocenters. The molecular weight excluding hydrogens is 250 g/mol. The van der Waals surface area contributed by atoms with Gasteiger partial charge in [0.2, 0.25) is 0 Å². The second kappa shape index (κ2) is 11.9. The van der Waals surface area contributed by atoms with Gasteiger partial charge in [-0.1, -0.05) is 0 Å². The number of carboxylic acids is 2. The van der Waals surface area contributed by atoms with E-state index in [0.717, 1.165) is 32.6 Å². The number of hydrogen-bond acceptors (Lipinski definition) is 5. The van der Waals surface area contributed by atoms with Crippen molar-refractivity contribution >= 4 is 11.9 Å². The molecule has 1 aliphatic heterocycles. The first-order valence-electron chi connectivity index (χ1n) is 6.64. The predicted octanol–water partition coefficient (Wildman–Crippen LogP) is -0.387. The summed E-state index contributed by atoms with van der Waals surface area (Å²) in [6.45, 7) is 4.06. The summed E-state index contributed by atoms with van der Waals surface area (Å²) < 4.78 is 0. The van der Waals surface area contributed by atoms with Crippen molar-refractivity contribution in [2.75, 3.05) is 26.2 Å². The third-order valence-electron chi connectivity index (χ3n) is 2.67. The molecule has 0 bridgehead atoms. The summed E-state index contributed by atoms with van der Waals surface area (Å²) in [5.74, 6) is -1.74. The van der Waals surface area contributed by atoms with Gasteiger partial charge in [-0.3, -0.25) is 9.59 Å². The van der Waals surface area contributed by atoms with Crippen LogP contribution in [0, 0.1) is 0 Å². The van der Waals surface area contributed by atoms with Gasteiger partial charge in [0.15, 0.2) is 0 Å². The average molecular weight is 275 g/mol. The van der Waals surface area contributed by atoms with Crippen LogP contribution in [0.1, 0.15) is 32.1 Å². The first-order valence-corrected chi connectivity index (χ1v) is 6.64. The van der Waals surface area contributed by atoms with Gasteiger partial charge in [-0.2, -0.15) is 0 Å². The van der Waals surface area contributed by atoms with E-state index in [2.05, 4.69) is 10.6 Å². The number of rotatable bonds is 7. The lowest BCUT2D eigenvalue weighted by Gasteiger charge is -2.23. The topological polar surface area (TPSA) is 125 Å². The van der Waals surface area contributed by atoms with Gasteiger partial charge < -0.3 is 26.6 Å². The highest BCUT2D eigenvalue weighted by Gasteiger charge is 2.09. The Balaban J connectivity index is 0.000000342. The van der Waals surface area contributed by atoms with Crippen LogP contribution in [0.25, 0.3) is 0 Å². The molecule has 112 valence electrons. The third-order valence-corrected chi connectivity index (χ3v) is 2.67. The molecule has 7 heteroatoms. The van der Waals surface area contributed by atoms with Crippen molar-refractivity contribution in [2.45, 2.75) is 38.1 Å². The highest BCUT2D eigenvalue weighted by atomic mass is 16.4. The summed E-state index contributed by atoms with van der Waals surface area (Å²) in [6.07, 6.45) is 2.11. The number of carboxylic acid groups (broad SMARTS) is 2. The fraction of sp³-hybridized carbons (Fsp3) is 0.833. The van der Waals surface area contributed by atoms with E-state index >= 15 is 0 Å². The minimum Gasteiger partial charge on any atom is -0.481 e. The lowest BCUT2D eigenvalue weighted by atomic mass is 10.2. The predicted molar refractivity (Wildman–Crippen MR) is 72.1 cm³/mol. The fourth-order valence-corrected chi connectivity index (χ4v) is 1.67. The van der Waals surface area contributed by atoms with Crippen molar-refractivity contribution in [1.82, 2.24) is 10.6 Å². The number of nitrogens with one attached hydrogen (secondary N) is 2. The van der Waals surface area contributed by atoms with Gasteiger partial charge in [0, 0.05) is 38.5 Å². The van der Waals surface area contributed by atoms with E-state index in [4.69, 9.17) is 15.9 Å². The van der Waals surface area contributed by atoms with Gasteiger partial charge in [-0.15, -0.1) is 0 Å². The van der Waals surface area contributed by atoms with Crippen molar-refractivity contribution < 1.29 is 19.8 Å². The fourth-order valence-electron chi connectivity index (χ4n) is 1.67. The molecule has 1 unspecified atom stereocenters. The zero-order chi connectivity index (χ0) is 14.5. The van der Waals surface area contributed by atoms with E-state index in [9.17, 15) is 9.59 Å². The van der Waals surface area contributed by atoms with E-state index in [-0.39, 0.29) is 12.8 Å². The van der Waals surface area contributed by atoms with Crippen molar-refractivity contribution in [3.63, 3.8) is 0 Å². The number of piperazine rings is 1. The molecule has 0 spiro atoms. The van der Waals surface area contributed by atoms with Crippen molar-refractivity contribution in [1.29, 1.82) is 0 Å². The van der Waals surface area contributed by atoms with E-state index < -0.39 is 11.9 Å². The number of unbranched alkanes of at least 4 members (excludes halogenated alkanes) is 1. The minimum absolute atomic E-state index is 0.0628. The van der Waals surface area contributed by atoms with Crippen molar-refractivity contribution in [3.8, 4) is 0 Å². The molecule has 0 aromatic heterocycles. The van der Waals surface area contributed by atoms with Crippen LogP contribution in [0.2, 0.25) is 0 Å². The van der Waals surface area contributed by atoms with Crippen LogP contribution in [0.4, 0.5) is 0 Å². The zero-order valence-corrected chi connectivity index (χ0v) is 11.2. The third kappa shape index (κ3) is 13.1. The Morgan fingerprint density at radius 3 is 2.05 bits per heavy atom. The lowest BCUT2D eigenvalue weighted by Crippen LogP contribution is -2.48. The lowest BCUT2D eigenvalue weighted by molar-refractivity contribution is -0.139. The van der Waals surface area contributed by atoms with Crippen LogP contribution in [0.15, 0.2) is 0 Å². The molecule has 0 aromatic rings. The van der Waals surface area contributed by atoms with Gasteiger partial charge >= 0.3 is 11.9 Å². The van der Waals surface area contributed by atoms with Crippen LogP contribution >= 0.6 is 0 Å². The maximum atomic E-state index is 9.90. The number of nitrogens with two attached hydrogens (primary N) is 1. The van der Waals surface area contributed by atoms with Crippen LogP contribution in [-0.4, -0.2) is 54.4 Å². The van der Waals surface area contributed by atoms with Gasteiger partial charge in [0.05, 0.1) is 0 Å². The SMILES string of the molecule is NCCC1CNCCN1.O=C(O)CCCCC(=O)O. The van der Waals surface area contributed by atoms with Crippen LogP contribution in [0.3, 0.4) is 0 Å². The monoisotopic (exact) mass is 275 g/mol. The van der Waals surface area contributed by atoms with Crippen LogP contribution in [-0.2, 0) is 9.59 Å². The van der Waals surface area contributed by atoms with E-state index in [1.165, 1.54) is 0 Å². The molecule has 0 saturated carbocycles. The highest BCUT2D eigenvalue weighted by Crippen LogP contribution is 1.98. The summed E-state index contributed by atoms with van der Waals surface area (Å²) in [5, 5.41) is 22.9. The quantitative estimate of drug-likeness (QED) is 0.401. The maximum absolute atomic E-state index is 9.90. The van der Waals surface area contributed by atoms with E-state index in [1.54, 1.807) is 0 Å². The molecule has 1 saturated heterocycles. The maximum Gasteiger partial charge on any atom is 0.303 e. The van der Waals surface area contributed by atoms with E-state index in [1.807, 2.05) is 0 Å². The van der Waals surface area contributed by atoms with Gasteiger partial charge in [-0.05, 0) is 25.8 Å². The summed E-state index contributed by atoms with van der Waals surface area (Å²) in [6, 6.07) is 0.615. The summed E-state index contributed by atoms with van der Waals surface area (Å²) in [5.41, 5.74) is 5.39. The molecule has 7 nitrogen and oxygen atoms in total. The van der Waals surface area contributed by atoms with Crippen molar-refractivity contribution in [2.24, 2.45) is 5.73 Å². The molecular formula is C12H25N3O4. The summed E-state index contributed by atoms with van der Waals surface area (Å²) >= 11 is 0. The number of carbonyl (C=O) groups is 2. The zero-order valence-electron chi connectivity index (χ0n) is 11.2. The average Bonchev–Trinajstić information content (AvgIpc) is 2.37. The minimum atomic E-state index is -0.870.